The first-order valence-corrected chi connectivity index (χ1v) is 10.1. The average Bonchev–Trinajstić information content (AvgIpc) is 3.06. The van der Waals surface area contributed by atoms with Gasteiger partial charge < -0.3 is 9.47 Å². The first-order valence-electron chi connectivity index (χ1n) is 8.07. The van der Waals surface area contributed by atoms with Crippen LogP contribution in [0.2, 0.25) is 5.02 Å². The fourth-order valence-corrected chi connectivity index (χ4v) is 4.07. The SMILES string of the molecule is CCN(CCS(=O)(=O)c1ccc(Cl)cc1)Cc1ccc2c(c1)OCO2. The minimum Gasteiger partial charge on any atom is -0.454 e. The molecule has 1 aliphatic rings. The first-order chi connectivity index (χ1) is 12.0. The molecule has 3 rings (SSSR count). The van der Waals surface area contributed by atoms with E-state index in [2.05, 4.69) is 4.90 Å². The van der Waals surface area contributed by atoms with Gasteiger partial charge in [0.05, 0.1) is 10.6 Å². The number of sulfone groups is 1. The number of rotatable bonds is 7. The second-order valence-corrected chi connectivity index (χ2v) is 8.37. The van der Waals surface area contributed by atoms with E-state index >= 15 is 0 Å². The number of benzene rings is 2. The minimum atomic E-state index is -3.33. The maximum atomic E-state index is 12.5. The van der Waals surface area contributed by atoms with E-state index < -0.39 is 9.84 Å². The van der Waals surface area contributed by atoms with E-state index in [1.54, 1.807) is 24.3 Å². The summed E-state index contributed by atoms with van der Waals surface area (Å²) in [4.78, 5) is 2.39. The van der Waals surface area contributed by atoms with E-state index in [0.717, 1.165) is 23.6 Å². The lowest BCUT2D eigenvalue weighted by molar-refractivity contribution is 0.174. The van der Waals surface area contributed by atoms with E-state index in [1.807, 2.05) is 25.1 Å². The van der Waals surface area contributed by atoms with Gasteiger partial charge in [-0.1, -0.05) is 24.6 Å². The van der Waals surface area contributed by atoms with Crippen LogP contribution in [0.4, 0.5) is 0 Å². The second-order valence-electron chi connectivity index (χ2n) is 5.83. The number of halogens is 1. The van der Waals surface area contributed by atoms with Crippen molar-refractivity contribution in [2.75, 3.05) is 25.6 Å². The molecule has 0 saturated heterocycles. The van der Waals surface area contributed by atoms with Gasteiger partial charge in [0.1, 0.15) is 0 Å². The average molecular weight is 382 g/mol. The molecule has 2 aromatic rings. The molecule has 0 unspecified atom stereocenters. The Morgan fingerprint density at radius 1 is 1.08 bits per heavy atom. The van der Waals surface area contributed by atoms with Crippen molar-refractivity contribution < 1.29 is 17.9 Å². The molecule has 25 heavy (non-hydrogen) atoms. The van der Waals surface area contributed by atoms with Gasteiger partial charge in [0.15, 0.2) is 21.3 Å². The smallest absolute Gasteiger partial charge is 0.231 e. The van der Waals surface area contributed by atoms with Crippen LogP contribution in [0.5, 0.6) is 11.5 Å². The van der Waals surface area contributed by atoms with Crippen molar-refractivity contribution in [3.05, 3.63) is 53.1 Å². The van der Waals surface area contributed by atoms with E-state index in [0.29, 0.717) is 23.0 Å². The highest BCUT2D eigenvalue weighted by molar-refractivity contribution is 7.91. The molecule has 0 N–H and O–H groups in total. The van der Waals surface area contributed by atoms with Crippen molar-refractivity contribution in [2.24, 2.45) is 0 Å². The van der Waals surface area contributed by atoms with Crippen LogP contribution in [0.25, 0.3) is 0 Å². The summed E-state index contributed by atoms with van der Waals surface area (Å²) >= 11 is 5.82. The van der Waals surface area contributed by atoms with Crippen LogP contribution in [0.3, 0.4) is 0 Å². The Labute approximate surface area is 153 Å². The van der Waals surface area contributed by atoms with Gasteiger partial charge in [0.2, 0.25) is 6.79 Å². The third-order valence-electron chi connectivity index (χ3n) is 4.14. The minimum absolute atomic E-state index is 0.0625. The zero-order chi connectivity index (χ0) is 17.9. The predicted octanol–water partition coefficient (Wildman–Crippen LogP) is 3.36. The summed E-state index contributed by atoms with van der Waals surface area (Å²) in [6.45, 7) is 4.13. The summed E-state index contributed by atoms with van der Waals surface area (Å²) in [5.74, 6) is 1.55. The van der Waals surface area contributed by atoms with Crippen LogP contribution in [-0.2, 0) is 16.4 Å². The van der Waals surface area contributed by atoms with Crippen molar-refractivity contribution in [1.82, 2.24) is 4.90 Å². The van der Waals surface area contributed by atoms with E-state index in [4.69, 9.17) is 21.1 Å². The molecular weight excluding hydrogens is 362 g/mol. The lowest BCUT2D eigenvalue weighted by atomic mass is 10.2. The normalized spacial score (nSPS) is 13.4. The first kappa shape index (κ1) is 18.0. The highest BCUT2D eigenvalue weighted by Crippen LogP contribution is 2.32. The van der Waals surface area contributed by atoms with Crippen LogP contribution in [0.15, 0.2) is 47.4 Å². The molecule has 1 aliphatic heterocycles. The second kappa shape index (κ2) is 7.64. The zero-order valence-corrected chi connectivity index (χ0v) is 15.5. The van der Waals surface area contributed by atoms with Gasteiger partial charge in [-0.05, 0) is 48.5 Å². The maximum absolute atomic E-state index is 12.5. The Morgan fingerprint density at radius 3 is 2.52 bits per heavy atom. The molecule has 0 amide bonds. The summed E-state index contributed by atoms with van der Waals surface area (Å²) in [6.07, 6.45) is 0. The molecule has 0 aromatic heterocycles. The molecule has 0 aliphatic carbocycles. The van der Waals surface area contributed by atoms with Gasteiger partial charge in [-0.25, -0.2) is 8.42 Å². The zero-order valence-electron chi connectivity index (χ0n) is 13.9. The van der Waals surface area contributed by atoms with Crippen molar-refractivity contribution in [1.29, 1.82) is 0 Å². The summed E-state index contributed by atoms with van der Waals surface area (Å²) in [6, 6.07) is 12.1. The van der Waals surface area contributed by atoms with Crippen LogP contribution < -0.4 is 9.47 Å². The van der Waals surface area contributed by atoms with E-state index in [1.165, 1.54) is 0 Å². The lowest BCUT2D eigenvalue weighted by Crippen LogP contribution is -2.29. The van der Waals surface area contributed by atoms with Crippen LogP contribution >= 0.6 is 11.6 Å². The highest BCUT2D eigenvalue weighted by Gasteiger charge is 2.18. The van der Waals surface area contributed by atoms with Crippen molar-refractivity contribution in [3.63, 3.8) is 0 Å². The third-order valence-corrected chi connectivity index (χ3v) is 6.10. The Hall–Kier alpha value is -1.76. The van der Waals surface area contributed by atoms with Crippen molar-refractivity contribution >= 4 is 21.4 Å². The van der Waals surface area contributed by atoms with Gasteiger partial charge in [-0.3, -0.25) is 4.90 Å². The fraction of sp³-hybridized carbons (Fsp3) is 0.333. The Kier molecular flexibility index (Phi) is 5.51. The highest BCUT2D eigenvalue weighted by atomic mass is 35.5. The Bertz CT molecular complexity index is 837. The summed E-state index contributed by atoms with van der Waals surface area (Å²) in [7, 11) is -3.33. The maximum Gasteiger partial charge on any atom is 0.231 e. The summed E-state index contributed by atoms with van der Waals surface area (Å²) < 4.78 is 35.6. The molecule has 7 heteroatoms. The van der Waals surface area contributed by atoms with Crippen LogP contribution in [-0.4, -0.2) is 39.0 Å². The number of ether oxygens (including phenoxy) is 2. The topological polar surface area (TPSA) is 55.8 Å². The number of fused-ring (bicyclic) bond motifs is 1. The van der Waals surface area contributed by atoms with Gasteiger partial charge in [0.25, 0.3) is 0 Å². The summed E-state index contributed by atoms with van der Waals surface area (Å²) in [5.41, 5.74) is 1.06. The molecule has 1 heterocycles. The number of nitrogens with zero attached hydrogens (tertiary/aromatic N) is 1. The molecule has 0 fully saturated rings. The third kappa shape index (κ3) is 4.45. The van der Waals surface area contributed by atoms with Crippen molar-refractivity contribution in [3.8, 4) is 11.5 Å². The molecule has 5 nitrogen and oxygen atoms in total. The quantitative estimate of drug-likeness (QED) is 0.736. The lowest BCUT2D eigenvalue weighted by Gasteiger charge is -2.20. The number of hydrogen-bond acceptors (Lipinski definition) is 5. The molecular formula is C18H20ClNO4S. The fourth-order valence-electron chi connectivity index (χ4n) is 2.66. The van der Waals surface area contributed by atoms with Gasteiger partial charge in [-0.15, -0.1) is 0 Å². The van der Waals surface area contributed by atoms with E-state index in [9.17, 15) is 8.42 Å². The van der Waals surface area contributed by atoms with Crippen LogP contribution in [0, 0.1) is 0 Å². The van der Waals surface area contributed by atoms with Gasteiger partial charge >= 0.3 is 0 Å². The van der Waals surface area contributed by atoms with Gasteiger partial charge in [0, 0.05) is 18.1 Å². The molecule has 0 radical (unpaired) electrons. The Balaban J connectivity index is 1.63. The Morgan fingerprint density at radius 2 is 1.80 bits per heavy atom. The van der Waals surface area contributed by atoms with Crippen LogP contribution in [0.1, 0.15) is 12.5 Å². The number of hydrogen-bond donors (Lipinski definition) is 0. The molecule has 0 bridgehead atoms. The summed E-state index contributed by atoms with van der Waals surface area (Å²) in [5, 5.41) is 0.525. The monoisotopic (exact) mass is 381 g/mol. The molecule has 2 aromatic carbocycles. The molecule has 0 atom stereocenters. The predicted molar refractivity (Wildman–Crippen MR) is 97.0 cm³/mol. The van der Waals surface area contributed by atoms with Crippen molar-refractivity contribution in [2.45, 2.75) is 18.4 Å². The molecule has 0 spiro atoms. The van der Waals surface area contributed by atoms with E-state index in [-0.39, 0.29) is 12.5 Å². The van der Waals surface area contributed by atoms with Gasteiger partial charge in [-0.2, -0.15) is 0 Å². The largest absolute Gasteiger partial charge is 0.454 e. The molecule has 134 valence electrons. The standard InChI is InChI=1S/C18H20ClNO4S/c1-2-20(12-14-3-8-17-18(11-14)24-13-23-17)9-10-25(21,22)16-6-4-15(19)5-7-16/h3-8,11H,2,9-10,12-13H2,1H3. The molecule has 0 saturated carbocycles.